The first-order valence-electron chi connectivity index (χ1n) is 14.6. The molecule has 1 aliphatic heterocycles. The molecule has 2 aromatic heterocycles. The van der Waals surface area contributed by atoms with E-state index in [1.54, 1.807) is 63.6 Å². The molecular formula is C32H34ClF3N5NaO7S. The van der Waals surface area contributed by atoms with Crippen molar-refractivity contribution in [2.24, 2.45) is 0 Å². The van der Waals surface area contributed by atoms with Crippen molar-refractivity contribution < 1.29 is 72.2 Å². The molecule has 0 saturated heterocycles. The number of ether oxygens (including phenoxy) is 2. The number of halogens is 4. The number of allylic oxidation sites excluding steroid dienone is 2. The fourth-order valence-corrected chi connectivity index (χ4v) is 4.73. The minimum Gasteiger partial charge on any atom is -0.850 e. The van der Waals surface area contributed by atoms with E-state index in [0.717, 1.165) is 21.8 Å². The third-order valence-electron chi connectivity index (χ3n) is 5.75. The number of benzene rings is 2. The Kier molecular flexibility index (Phi) is 17.2. The van der Waals surface area contributed by atoms with Crippen LogP contribution in [0.1, 0.15) is 37.8 Å². The van der Waals surface area contributed by atoms with Crippen molar-refractivity contribution in [3.63, 3.8) is 0 Å². The van der Waals surface area contributed by atoms with Crippen molar-refractivity contribution in [3.8, 4) is 22.8 Å². The molecular weight excluding hydrogens is 714 g/mol. The molecule has 1 atom stereocenters. The van der Waals surface area contributed by atoms with Crippen molar-refractivity contribution >= 4 is 28.8 Å². The van der Waals surface area contributed by atoms with Gasteiger partial charge in [-0.25, -0.2) is 10.5 Å². The maximum absolute atomic E-state index is 12.3. The van der Waals surface area contributed by atoms with Crippen LogP contribution in [0.3, 0.4) is 0 Å². The van der Waals surface area contributed by atoms with Crippen molar-refractivity contribution in [3.05, 3.63) is 111 Å². The summed E-state index contributed by atoms with van der Waals surface area (Å²) in [5.74, 6) is -0.0906. The molecule has 0 saturated carbocycles. The molecule has 0 radical (unpaired) electrons. The number of nitrogens with zero attached hydrogens (tertiary/aromatic N) is 4. The van der Waals surface area contributed by atoms with Gasteiger partial charge in [-0.1, -0.05) is 32.9 Å². The first kappa shape index (κ1) is 42.5. The maximum Gasteiger partial charge on any atom is 1.00 e. The van der Waals surface area contributed by atoms with Crippen LogP contribution in [0.15, 0.2) is 84.7 Å². The van der Waals surface area contributed by atoms with Crippen LogP contribution < -0.4 is 49.6 Å². The van der Waals surface area contributed by atoms with Gasteiger partial charge in [0.25, 0.3) is 0 Å². The van der Waals surface area contributed by atoms with Crippen LogP contribution in [0.4, 0.5) is 19.0 Å². The van der Waals surface area contributed by atoms with Crippen LogP contribution >= 0.6 is 22.9 Å². The summed E-state index contributed by atoms with van der Waals surface area (Å²) in [6, 6.07) is 12.8. The van der Waals surface area contributed by atoms with Crippen LogP contribution in [0.2, 0.25) is 5.28 Å². The van der Waals surface area contributed by atoms with Crippen LogP contribution in [0, 0.1) is 10.1 Å². The van der Waals surface area contributed by atoms with E-state index in [4.69, 9.17) is 16.3 Å². The van der Waals surface area contributed by atoms with E-state index in [2.05, 4.69) is 25.0 Å². The average molecular weight is 748 g/mol. The van der Waals surface area contributed by atoms with E-state index in [-0.39, 0.29) is 66.0 Å². The predicted octanol–water partition coefficient (Wildman–Crippen LogP) is 3.59. The Hall–Kier alpha value is -3.64. The van der Waals surface area contributed by atoms with E-state index in [9.17, 15) is 33.5 Å². The van der Waals surface area contributed by atoms with Gasteiger partial charge in [-0.15, -0.1) is 30.1 Å². The Balaban J connectivity index is 0.000000619. The van der Waals surface area contributed by atoms with Gasteiger partial charge in [0.05, 0.1) is 16.8 Å². The number of rotatable bonds is 11. The minimum atomic E-state index is -4.73. The van der Waals surface area contributed by atoms with Crippen LogP contribution in [-0.2, 0) is 17.8 Å². The molecule has 264 valence electrons. The van der Waals surface area contributed by atoms with Gasteiger partial charge in [-0.2, -0.15) is 0 Å². The molecule has 12 nitrogen and oxygen atoms in total. The molecule has 1 aliphatic rings. The molecule has 0 bridgehead atoms. The number of aryl methyl sites for hydroxylation is 1. The molecule has 4 aromatic rings. The smallest absolute Gasteiger partial charge is 0.850 e. The van der Waals surface area contributed by atoms with Crippen molar-refractivity contribution in [2.45, 2.75) is 58.2 Å². The second-order valence-electron chi connectivity index (χ2n) is 11.1. The molecule has 1 unspecified atom stereocenters. The van der Waals surface area contributed by atoms with Crippen LogP contribution in [0.25, 0.3) is 11.3 Å². The van der Waals surface area contributed by atoms with Crippen LogP contribution in [0.5, 0.6) is 11.5 Å². The third kappa shape index (κ3) is 16.8. The number of alkyl halides is 3. The summed E-state index contributed by atoms with van der Waals surface area (Å²) < 4.78 is 47.8. The molecule has 50 heavy (non-hydrogen) atoms. The quantitative estimate of drug-likeness (QED) is 0.132. The summed E-state index contributed by atoms with van der Waals surface area (Å²) in [6.07, 6.45) is 3.30. The molecule has 0 aliphatic carbocycles. The molecule has 5 rings (SSSR count). The van der Waals surface area contributed by atoms with E-state index in [0.29, 0.717) is 12.2 Å². The zero-order chi connectivity index (χ0) is 36.0. The second kappa shape index (κ2) is 20.3. The molecule has 2 N–H and O–H groups in total. The maximum atomic E-state index is 12.3. The van der Waals surface area contributed by atoms with Crippen molar-refractivity contribution in [1.82, 2.24) is 20.0 Å². The molecule has 0 fully saturated rings. The topological polar surface area (TPSA) is 157 Å². The minimum absolute atomic E-state index is 0. The van der Waals surface area contributed by atoms with Gasteiger partial charge in [0.15, 0.2) is 0 Å². The van der Waals surface area contributed by atoms with E-state index >= 15 is 0 Å². The van der Waals surface area contributed by atoms with Crippen molar-refractivity contribution in [1.29, 1.82) is 0 Å². The summed E-state index contributed by atoms with van der Waals surface area (Å²) in [6.45, 7) is 5.15. The van der Waals surface area contributed by atoms with Crippen LogP contribution in [-0.4, -0.2) is 49.2 Å². The van der Waals surface area contributed by atoms with E-state index in [1.807, 2.05) is 23.6 Å². The van der Waals surface area contributed by atoms with Gasteiger partial charge in [-0.05, 0) is 82.0 Å². The fourth-order valence-electron chi connectivity index (χ4n) is 3.68. The van der Waals surface area contributed by atoms with Gasteiger partial charge >= 0.3 is 47.0 Å². The number of nitro groups is 1. The molecule has 2 aromatic carbocycles. The number of aromatic nitrogens is 3. The number of aliphatic hydroxyl groups is 1. The Labute approximate surface area is 317 Å². The summed E-state index contributed by atoms with van der Waals surface area (Å²) in [7, 11) is 0. The van der Waals surface area contributed by atoms with Gasteiger partial charge in [0.1, 0.15) is 30.6 Å². The first-order chi connectivity index (χ1) is 23.1. The van der Waals surface area contributed by atoms with E-state index < -0.39 is 23.0 Å². The summed E-state index contributed by atoms with van der Waals surface area (Å²) >= 11 is 7.31. The standard InChI is InChI=1S/C24H20ClF3N4O5S.C4H5NO.C4H9O.Na/c25-23-30-21(32(34)35)12-31(23)10-9-17(33)13-36-18-7-3-16(4-8-18)20-14-38-22(29-20)11-15-1-5-19(6-2-15)37-24(26,27)28;1-2-4-6-5-3-1;1-4(2,3)5;/h1-8,12,14,17,33H,9-11,13H2;1-5H;1-3H3;/q;;-1;+1. The largest absolute Gasteiger partial charge is 1.00 e. The Morgan fingerprint density at radius 1 is 1.08 bits per heavy atom. The summed E-state index contributed by atoms with van der Waals surface area (Å²) in [4.78, 5) is 22.9. The molecule has 0 spiro atoms. The van der Waals surface area contributed by atoms with Gasteiger partial charge in [0, 0.05) is 30.1 Å². The SMILES string of the molecule is C1=CNOC=C1.CC(C)(C)[O-].O=[N+]([O-])c1cn(CCC(O)COc2ccc(-c3csc(Cc4ccc(OC(F)(F)F)cc4)n3)cc2)c(Cl)n1.[Na+]. The van der Waals surface area contributed by atoms with Crippen molar-refractivity contribution in [2.75, 3.05) is 6.61 Å². The normalized spacial score (nSPS) is 12.5. The van der Waals surface area contributed by atoms with E-state index in [1.165, 1.54) is 34.2 Å². The average Bonchev–Trinajstić information content (AvgIpc) is 3.66. The second-order valence-corrected chi connectivity index (χ2v) is 12.4. The van der Waals surface area contributed by atoms with Gasteiger partial charge in [-0.3, -0.25) is 4.57 Å². The number of nitrogens with one attached hydrogen (secondary N) is 1. The number of imidazole rings is 1. The predicted molar refractivity (Wildman–Crippen MR) is 176 cm³/mol. The Morgan fingerprint density at radius 2 is 1.72 bits per heavy atom. The molecule has 0 amide bonds. The number of aliphatic hydroxyl groups excluding tert-OH is 1. The Bertz CT molecular complexity index is 1660. The zero-order valence-corrected chi connectivity index (χ0v) is 31.2. The Morgan fingerprint density at radius 3 is 2.22 bits per heavy atom. The van der Waals surface area contributed by atoms with Gasteiger partial charge < -0.3 is 34.6 Å². The summed E-state index contributed by atoms with van der Waals surface area (Å²) in [5.41, 5.74) is 4.17. The fraction of sp³-hybridized carbons (Fsp3) is 0.312. The molecule has 3 heterocycles. The number of hydroxylamine groups is 1. The first-order valence-corrected chi connectivity index (χ1v) is 15.8. The number of thiazole rings is 1. The zero-order valence-electron chi connectivity index (χ0n) is 27.6. The number of hydrogen-bond donors (Lipinski definition) is 2. The van der Waals surface area contributed by atoms with Gasteiger partial charge in [0.2, 0.25) is 0 Å². The molecule has 18 heteroatoms. The summed E-state index contributed by atoms with van der Waals surface area (Å²) in [5, 5.41) is 33.7. The monoisotopic (exact) mass is 747 g/mol. The number of hydrogen-bond acceptors (Lipinski definition) is 11. The third-order valence-corrected chi connectivity index (χ3v) is 6.90.